The van der Waals surface area contributed by atoms with Gasteiger partial charge in [-0.2, -0.15) is 5.26 Å². The lowest BCUT2D eigenvalue weighted by Crippen LogP contribution is -2.15. The van der Waals surface area contributed by atoms with Crippen LogP contribution in [0.15, 0.2) is 11.1 Å². The highest BCUT2D eigenvalue weighted by Crippen LogP contribution is 2.39. The van der Waals surface area contributed by atoms with E-state index >= 15 is 0 Å². The Morgan fingerprint density at radius 3 is 2.75 bits per heavy atom. The van der Waals surface area contributed by atoms with Crippen LogP contribution in [0, 0.1) is 17.2 Å². The zero-order chi connectivity index (χ0) is 8.39. The van der Waals surface area contributed by atoms with E-state index in [4.69, 9.17) is 5.26 Å². The number of hydrogen-bond acceptors (Lipinski definition) is 1. The number of nitrogens with zero attached hydrogens (tertiary/aromatic N) is 1. The van der Waals surface area contributed by atoms with Crippen molar-refractivity contribution in [1.29, 1.82) is 5.26 Å². The Labute approximate surface area is 74.1 Å². The second kappa shape index (κ2) is 3.31. The summed E-state index contributed by atoms with van der Waals surface area (Å²) < 4.78 is 0. The molecule has 0 aromatic rings. The van der Waals surface area contributed by atoms with Crippen LogP contribution in [0.1, 0.15) is 44.9 Å². The predicted octanol–water partition coefficient (Wildman–Crippen LogP) is 3.18. The largest absolute Gasteiger partial charge is 0.193 e. The van der Waals surface area contributed by atoms with Crippen molar-refractivity contribution in [2.75, 3.05) is 0 Å². The fourth-order valence-electron chi connectivity index (χ4n) is 2.61. The van der Waals surface area contributed by atoms with E-state index in [-0.39, 0.29) is 0 Å². The van der Waals surface area contributed by atoms with E-state index in [0.717, 1.165) is 17.9 Å². The molecule has 0 heterocycles. The lowest BCUT2D eigenvalue weighted by atomic mass is 9.75. The summed E-state index contributed by atoms with van der Waals surface area (Å²) in [5.41, 5.74) is 2.65. The van der Waals surface area contributed by atoms with Gasteiger partial charge in [0.25, 0.3) is 0 Å². The van der Waals surface area contributed by atoms with E-state index in [9.17, 15) is 0 Å². The Kier molecular flexibility index (Phi) is 2.17. The van der Waals surface area contributed by atoms with E-state index in [0.29, 0.717) is 0 Å². The lowest BCUT2D eigenvalue weighted by Gasteiger charge is -2.30. The first-order valence-corrected chi connectivity index (χ1v) is 5.04. The second-order valence-corrected chi connectivity index (χ2v) is 3.95. The molecular weight excluding hydrogens is 146 g/mol. The van der Waals surface area contributed by atoms with Crippen LogP contribution in [-0.2, 0) is 0 Å². The van der Waals surface area contributed by atoms with E-state index in [1.807, 2.05) is 0 Å². The van der Waals surface area contributed by atoms with Gasteiger partial charge < -0.3 is 0 Å². The van der Waals surface area contributed by atoms with Crippen LogP contribution in [-0.4, -0.2) is 0 Å². The zero-order valence-corrected chi connectivity index (χ0v) is 7.47. The average molecular weight is 161 g/mol. The summed E-state index contributed by atoms with van der Waals surface area (Å²) in [5, 5.41) is 8.92. The smallest absolute Gasteiger partial charge is 0.0946 e. The van der Waals surface area contributed by atoms with Gasteiger partial charge in [0, 0.05) is 5.57 Å². The molecule has 2 aliphatic carbocycles. The molecule has 1 saturated carbocycles. The molecule has 0 N–H and O–H groups in total. The molecule has 0 radical (unpaired) electrons. The molecule has 1 atom stereocenters. The second-order valence-electron chi connectivity index (χ2n) is 3.95. The summed E-state index contributed by atoms with van der Waals surface area (Å²) >= 11 is 0. The number of rotatable bonds is 0. The van der Waals surface area contributed by atoms with Gasteiger partial charge >= 0.3 is 0 Å². The minimum atomic E-state index is 0.794. The van der Waals surface area contributed by atoms with Crippen LogP contribution < -0.4 is 0 Å². The van der Waals surface area contributed by atoms with Crippen molar-refractivity contribution in [3.05, 3.63) is 11.1 Å². The molecular formula is C11H15N. The quantitative estimate of drug-likeness (QED) is 0.535. The lowest BCUT2D eigenvalue weighted by molar-refractivity contribution is 0.396. The van der Waals surface area contributed by atoms with Gasteiger partial charge in [-0.05, 0) is 44.4 Å². The van der Waals surface area contributed by atoms with Gasteiger partial charge in [-0.25, -0.2) is 0 Å². The summed E-state index contributed by atoms with van der Waals surface area (Å²) in [7, 11) is 0. The minimum absolute atomic E-state index is 0.794. The summed E-state index contributed by atoms with van der Waals surface area (Å²) in [6.45, 7) is 0. The van der Waals surface area contributed by atoms with Crippen LogP contribution in [0.25, 0.3) is 0 Å². The molecule has 64 valence electrons. The normalized spacial score (nSPS) is 29.4. The molecule has 0 aromatic carbocycles. The zero-order valence-electron chi connectivity index (χ0n) is 7.47. The van der Waals surface area contributed by atoms with Crippen molar-refractivity contribution in [1.82, 2.24) is 0 Å². The van der Waals surface area contributed by atoms with Crippen LogP contribution in [0.4, 0.5) is 0 Å². The Hall–Kier alpha value is -0.770. The molecule has 12 heavy (non-hydrogen) atoms. The Morgan fingerprint density at radius 2 is 1.92 bits per heavy atom. The highest BCUT2D eigenvalue weighted by molar-refractivity contribution is 5.32. The molecule has 1 fully saturated rings. The summed E-state index contributed by atoms with van der Waals surface area (Å²) in [4.78, 5) is 0. The SMILES string of the molecule is N#CC1=C2CCCCC2CCC1. The van der Waals surface area contributed by atoms with Gasteiger partial charge in [0.05, 0.1) is 6.07 Å². The molecule has 0 amide bonds. The summed E-state index contributed by atoms with van der Waals surface area (Å²) in [6, 6.07) is 2.38. The first-order chi connectivity index (χ1) is 5.92. The highest BCUT2D eigenvalue weighted by Gasteiger charge is 2.24. The third-order valence-corrected chi connectivity index (χ3v) is 3.24. The predicted molar refractivity (Wildman–Crippen MR) is 48.4 cm³/mol. The van der Waals surface area contributed by atoms with Gasteiger partial charge in [0.2, 0.25) is 0 Å². The van der Waals surface area contributed by atoms with Crippen molar-refractivity contribution < 1.29 is 0 Å². The summed E-state index contributed by atoms with van der Waals surface area (Å²) in [5.74, 6) is 0.794. The first-order valence-electron chi connectivity index (χ1n) is 5.04. The molecule has 2 aliphatic rings. The monoisotopic (exact) mass is 161 g/mol. The van der Waals surface area contributed by atoms with Crippen molar-refractivity contribution in [3.8, 4) is 6.07 Å². The van der Waals surface area contributed by atoms with E-state index in [2.05, 4.69) is 6.07 Å². The molecule has 0 bridgehead atoms. The van der Waals surface area contributed by atoms with Crippen LogP contribution in [0.3, 0.4) is 0 Å². The summed E-state index contributed by atoms with van der Waals surface area (Å²) in [6.07, 6.45) is 8.91. The van der Waals surface area contributed by atoms with Crippen LogP contribution >= 0.6 is 0 Å². The Bertz CT molecular complexity index is 244. The Balaban J connectivity index is 2.26. The van der Waals surface area contributed by atoms with Gasteiger partial charge in [-0.1, -0.05) is 12.0 Å². The van der Waals surface area contributed by atoms with Crippen molar-refractivity contribution in [2.24, 2.45) is 5.92 Å². The Morgan fingerprint density at radius 1 is 1.08 bits per heavy atom. The van der Waals surface area contributed by atoms with E-state index in [1.165, 1.54) is 44.1 Å². The van der Waals surface area contributed by atoms with Crippen molar-refractivity contribution in [2.45, 2.75) is 44.9 Å². The fourth-order valence-corrected chi connectivity index (χ4v) is 2.61. The van der Waals surface area contributed by atoms with Gasteiger partial charge in [-0.15, -0.1) is 0 Å². The molecule has 1 nitrogen and oxygen atoms in total. The maximum absolute atomic E-state index is 8.92. The van der Waals surface area contributed by atoms with Crippen LogP contribution in [0.5, 0.6) is 0 Å². The minimum Gasteiger partial charge on any atom is -0.193 e. The van der Waals surface area contributed by atoms with Gasteiger partial charge in [-0.3, -0.25) is 0 Å². The van der Waals surface area contributed by atoms with Gasteiger partial charge in [0.1, 0.15) is 0 Å². The van der Waals surface area contributed by atoms with Crippen LogP contribution in [0.2, 0.25) is 0 Å². The molecule has 1 unspecified atom stereocenters. The number of allylic oxidation sites excluding steroid dienone is 2. The van der Waals surface area contributed by atoms with Crippen molar-refractivity contribution >= 4 is 0 Å². The molecule has 0 aliphatic heterocycles. The number of hydrogen-bond donors (Lipinski definition) is 0. The average Bonchev–Trinajstić information content (AvgIpc) is 2.17. The van der Waals surface area contributed by atoms with E-state index in [1.54, 1.807) is 0 Å². The molecule has 0 spiro atoms. The molecule has 2 rings (SSSR count). The third kappa shape index (κ3) is 1.27. The molecule has 0 aromatic heterocycles. The number of fused-ring (bicyclic) bond motifs is 1. The van der Waals surface area contributed by atoms with Crippen molar-refractivity contribution in [3.63, 3.8) is 0 Å². The fraction of sp³-hybridized carbons (Fsp3) is 0.727. The van der Waals surface area contributed by atoms with Gasteiger partial charge in [0.15, 0.2) is 0 Å². The topological polar surface area (TPSA) is 23.8 Å². The standard InChI is InChI=1S/C11H15N/c12-8-10-6-3-5-9-4-1-2-7-11(9)10/h9H,1-7H2. The molecule has 1 heteroatoms. The molecule has 0 saturated heterocycles. The maximum atomic E-state index is 8.92. The number of nitriles is 1. The maximum Gasteiger partial charge on any atom is 0.0946 e. The highest BCUT2D eigenvalue weighted by atomic mass is 14.3. The third-order valence-electron chi connectivity index (χ3n) is 3.24. The first kappa shape index (κ1) is 7.86. The van der Waals surface area contributed by atoms with E-state index < -0.39 is 0 Å².